The summed E-state index contributed by atoms with van der Waals surface area (Å²) in [6, 6.07) is 2.92. The zero-order valence-electron chi connectivity index (χ0n) is 8.13. The van der Waals surface area contributed by atoms with E-state index in [1.807, 2.05) is 0 Å². The molecule has 1 aromatic heterocycles. The van der Waals surface area contributed by atoms with E-state index in [4.69, 9.17) is 5.73 Å². The molecule has 15 heavy (non-hydrogen) atoms. The van der Waals surface area contributed by atoms with Crippen LogP contribution in [0.3, 0.4) is 0 Å². The van der Waals surface area contributed by atoms with Gasteiger partial charge in [-0.15, -0.1) is 0 Å². The highest BCUT2D eigenvalue weighted by molar-refractivity contribution is 5.85. The Kier molecular flexibility index (Phi) is 4.43. The van der Waals surface area contributed by atoms with Gasteiger partial charge in [0.2, 0.25) is 0 Å². The van der Waals surface area contributed by atoms with Crippen LogP contribution >= 0.6 is 0 Å². The molecule has 2 N–H and O–H groups in total. The van der Waals surface area contributed by atoms with Gasteiger partial charge in [-0.1, -0.05) is 0 Å². The second kappa shape index (κ2) is 5.87. The Morgan fingerprint density at radius 2 is 2.20 bits per heavy atom. The third kappa shape index (κ3) is 3.86. The molecular formula is C10H12N2O3. The Morgan fingerprint density at radius 1 is 1.53 bits per heavy atom. The first kappa shape index (κ1) is 11.3. The minimum Gasteiger partial charge on any atom is -0.460 e. The molecule has 80 valence electrons. The molecule has 5 heteroatoms. The predicted molar refractivity (Wildman–Crippen MR) is 52.9 cm³/mol. The van der Waals surface area contributed by atoms with Crippen LogP contribution < -0.4 is 5.73 Å². The molecule has 0 radical (unpaired) electrons. The average Bonchev–Trinajstić information content (AvgIpc) is 2.27. The van der Waals surface area contributed by atoms with Crippen molar-refractivity contribution in [1.82, 2.24) is 4.98 Å². The van der Waals surface area contributed by atoms with E-state index in [0.29, 0.717) is 6.42 Å². The van der Waals surface area contributed by atoms with Gasteiger partial charge in [-0.25, -0.2) is 0 Å². The maximum atomic E-state index is 11.3. The highest BCUT2D eigenvalue weighted by Gasteiger charge is 2.14. The molecule has 1 rings (SSSR count). The number of aromatic nitrogens is 1. The summed E-state index contributed by atoms with van der Waals surface area (Å²) in [4.78, 5) is 25.0. The van der Waals surface area contributed by atoms with Crippen molar-refractivity contribution in [2.24, 2.45) is 5.73 Å². The molecule has 0 aliphatic carbocycles. The monoisotopic (exact) mass is 208 g/mol. The van der Waals surface area contributed by atoms with Crippen molar-refractivity contribution < 1.29 is 14.3 Å². The van der Waals surface area contributed by atoms with E-state index in [1.165, 1.54) is 0 Å². The van der Waals surface area contributed by atoms with Crippen LogP contribution in [0.1, 0.15) is 5.56 Å². The van der Waals surface area contributed by atoms with Gasteiger partial charge in [0.15, 0.2) is 12.4 Å². The minimum absolute atomic E-state index is 0.233. The summed E-state index contributed by atoms with van der Waals surface area (Å²) in [5.74, 6) is -0.293. The number of pyridine rings is 1. The quantitative estimate of drug-likeness (QED) is 0.648. The normalized spacial score (nSPS) is 11.8. The molecule has 0 amide bonds. The molecule has 0 saturated heterocycles. The van der Waals surface area contributed by atoms with E-state index in [2.05, 4.69) is 9.72 Å². The number of nitrogens with zero attached hydrogens (tertiary/aromatic N) is 1. The van der Waals surface area contributed by atoms with Crippen molar-refractivity contribution in [1.29, 1.82) is 0 Å². The van der Waals surface area contributed by atoms with Crippen LogP contribution in [0.4, 0.5) is 0 Å². The minimum atomic E-state index is -0.646. The first-order chi connectivity index (χ1) is 7.24. The molecule has 1 aromatic rings. The fraction of sp³-hybridized carbons (Fsp3) is 0.300. The number of rotatable bonds is 6. The molecule has 0 aliphatic rings. The van der Waals surface area contributed by atoms with Gasteiger partial charge in [0.25, 0.3) is 6.47 Å². The summed E-state index contributed by atoms with van der Waals surface area (Å²) in [7, 11) is 0. The zero-order valence-corrected chi connectivity index (χ0v) is 8.13. The van der Waals surface area contributed by atoms with Crippen molar-refractivity contribution >= 4 is 12.3 Å². The number of nitrogens with two attached hydrogens (primary N) is 1. The molecule has 0 aliphatic heterocycles. The molecule has 1 atom stereocenters. The Morgan fingerprint density at radius 3 is 2.80 bits per heavy atom. The second-order valence-corrected chi connectivity index (χ2v) is 3.04. The zero-order chi connectivity index (χ0) is 11.1. The number of hydrogen-bond acceptors (Lipinski definition) is 5. The number of Topliss-reactive ketones (excluding diaryl/α,β-unsaturated/α-hetero) is 1. The second-order valence-electron chi connectivity index (χ2n) is 3.04. The molecule has 0 aromatic carbocycles. The van der Waals surface area contributed by atoms with Crippen LogP contribution in [-0.4, -0.2) is 29.9 Å². The molecule has 0 spiro atoms. The highest BCUT2D eigenvalue weighted by atomic mass is 16.5. The van der Waals surface area contributed by atoms with Gasteiger partial charge in [-0.3, -0.25) is 14.6 Å². The van der Waals surface area contributed by atoms with Gasteiger partial charge >= 0.3 is 0 Å². The van der Waals surface area contributed by atoms with Crippen LogP contribution in [0, 0.1) is 0 Å². The van der Waals surface area contributed by atoms with E-state index in [1.54, 1.807) is 24.5 Å². The lowest BCUT2D eigenvalue weighted by atomic mass is 10.1. The Bertz CT molecular complexity index is 327. The van der Waals surface area contributed by atoms with Gasteiger partial charge in [0, 0.05) is 12.4 Å². The van der Waals surface area contributed by atoms with Crippen LogP contribution in [0.5, 0.6) is 0 Å². The topological polar surface area (TPSA) is 82.3 Å². The highest BCUT2D eigenvalue weighted by Crippen LogP contribution is 2.00. The lowest BCUT2D eigenvalue weighted by Gasteiger charge is -2.09. The number of carbonyl (C=O) groups excluding carboxylic acids is 2. The maximum absolute atomic E-state index is 11.3. The number of ether oxygens (including phenoxy) is 1. The van der Waals surface area contributed by atoms with Gasteiger partial charge in [0.05, 0.1) is 6.04 Å². The number of hydrogen-bond donors (Lipinski definition) is 1. The third-order valence-electron chi connectivity index (χ3n) is 1.91. The lowest BCUT2D eigenvalue weighted by Crippen LogP contribution is -2.35. The van der Waals surface area contributed by atoms with E-state index in [-0.39, 0.29) is 18.9 Å². The van der Waals surface area contributed by atoms with Crippen LogP contribution in [0.15, 0.2) is 24.5 Å². The summed E-state index contributed by atoms with van der Waals surface area (Å²) < 4.78 is 4.33. The van der Waals surface area contributed by atoms with Crippen LogP contribution in [0.25, 0.3) is 0 Å². The van der Waals surface area contributed by atoms with Crippen molar-refractivity contribution in [3.8, 4) is 0 Å². The van der Waals surface area contributed by atoms with Gasteiger partial charge in [0.1, 0.15) is 0 Å². The number of ketones is 1. The standard InChI is InChI=1S/C10H12N2O3/c11-9(10(14)6-15-7-13)5-8-1-3-12-4-2-8/h1-4,7,9H,5-6,11H2/t9-/m0/s1. The SMILES string of the molecule is N[C@@H](Cc1ccncc1)C(=O)COC=O. The molecular weight excluding hydrogens is 196 g/mol. The summed E-state index contributed by atoms with van der Waals surface area (Å²) in [6.45, 7) is -0.0349. The molecule has 0 unspecified atom stereocenters. The van der Waals surface area contributed by atoms with E-state index in [9.17, 15) is 9.59 Å². The maximum Gasteiger partial charge on any atom is 0.293 e. The largest absolute Gasteiger partial charge is 0.460 e. The molecule has 0 saturated carbocycles. The van der Waals surface area contributed by atoms with Crippen molar-refractivity contribution in [2.75, 3.05) is 6.61 Å². The smallest absolute Gasteiger partial charge is 0.293 e. The Balaban J connectivity index is 2.45. The predicted octanol–water partition coefficient (Wildman–Crippen LogP) is -0.307. The summed E-state index contributed by atoms with van der Waals surface area (Å²) in [5, 5.41) is 0. The van der Waals surface area contributed by atoms with Gasteiger partial charge in [-0.05, 0) is 24.1 Å². The molecule has 0 bridgehead atoms. The fourth-order valence-electron chi connectivity index (χ4n) is 1.11. The molecule has 1 heterocycles. The average molecular weight is 208 g/mol. The van der Waals surface area contributed by atoms with E-state index >= 15 is 0 Å². The third-order valence-corrected chi connectivity index (χ3v) is 1.91. The van der Waals surface area contributed by atoms with Crippen molar-refractivity contribution in [2.45, 2.75) is 12.5 Å². The first-order valence-electron chi connectivity index (χ1n) is 4.46. The lowest BCUT2D eigenvalue weighted by molar-refractivity contribution is -0.136. The van der Waals surface area contributed by atoms with E-state index < -0.39 is 6.04 Å². The number of carbonyl (C=O) groups is 2. The van der Waals surface area contributed by atoms with Gasteiger partial charge in [-0.2, -0.15) is 0 Å². The first-order valence-corrected chi connectivity index (χ1v) is 4.46. The summed E-state index contributed by atoms with van der Waals surface area (Å²) in [5.41, 5.74) is 6.55. The van der Waals surface area contributed by atoms with Crippen LogP contribution in [-0.2, 0) is 20.7 Å². The van der Waals surface area contributed by atoms with Crippen molar-refractivity contribution in [3.63, 3.8) is 0 Å². The molecule has 5 nitrogen and oxygen atoms in total. The van der Waals surface area contributed by atoms with Gasteiger partial charge < -0.3 is 10.5 Å². The Hall–Kier alpha value is -1.75. The summed E-state index contributed by atoms with van der Waals surface area (Å²) >= 11 is 0. The molecule has 0 fully saturated rings. The van der Waals surface area contributed by atoms with Crippen molar-refractivity contribution in [3.05, 3.63) is 30.1 Å². The fourth-order valence-corrected chi connectivity index (χ4v) is 1.11. The van der Waals surface area contributed by atoms with E-state index in [0.717, 1.165) is 5.56 Å². The van der Waals surface area contributed by atoms with Crippen LogP contribution in [0.2, 0.25) is 0 Å². The summed E-state index contributed by atoms with van der Waals surface area (Å²) in [6.07, 6.45) is 3.69. The Labute approximate surface area is 87.3 Å².